The number of fused-ring (bicyclic) bond motifs is 1. The average molecular weight is 221 g/mol. The van der Waals surface area contributed by atoms with Crippen LogP contribution in [-0.2, 0) is 0 Å². The van der Waals surface area contributed by atoms with E-state index in [1.807, 2.05) is 13.8 Å². The van der Waals surface area contributed by atoms with Crippen LogP contribution in [0.3, 0.4) is 0 Å². The summed E-state index contributed by atoms with van der Waals surface area (Å²) in [5.74, 6) is 0.327. The minimum absolute atomic E-state index is 0.00787. The van der Waals surface area contributed by atoms with Crippen molar-refractivity contribution in [1.29, 1.82) is 0 Å². The van der Waals surface area contributed by atoms with E-state index >= 15 is 0 Å². The van der Waals surface area contributed by atoms with E-state index in [9.17, 15) is 4.79 Å². The normalized spacial score (nSPS) is 10.9. The number of nitrogens with one attached hydrogen (secondary N) is 1. The molecule has 2 heterocycles. The molecule has 0 aliphatic rings. The van der Waals surface area contributed by atoms with Gasteiger partial charge in [0.2, 0.25) is 11.8 Å². The van der Waals surface area contributed by atoms with E-state index in [1.165, 1.54) is 6.20 Å². The lowest BCUT2D eigenvalue weighted by atomic mass is 10.5. The van der Waals surface area contributed by atoms with Crippen LogP contribution in [0.1, 0.15) is 13.8 Å². The second kappa shape index (κ2) is 3.76. The van der Waals surface area contributed by atoms with Crippen molar-refractivity contribution in [3.8, 4) is 5.88 Å². The topological polar surface area (TPSA) is 107 Å². The Labute approximate surface area is 90.7 Å². The molecular weight excluding hydrogens is 210 g/mol. The van der Waals surface area contributed by atoms with Gasteiger partial charge in [0.25, 0.3) is 5.56 Å². The number of anilines is 1. The molecule has 0 aliphatic carbocycles. The largest absolute Gasteiger partial charge is 0.474 e. The molecule has 84 valence electrons. The van der Waals surface area contributed by atoms with Crippen LogP contribution in [0.25, 0.3) is 11.2 Å². The monoisotopic (exact) mass is 221 g/mol. The summed E-state index contributed by atoms with van der Waals surface area (Å²) in [6.07, 6.45) is 1.36. The van der Waals surface area contributed by atoms with Gasteiger partial charge in [0.15, 0.2) is 11.2 Å². The van der Waals surface area contributed by atoms with Gasteiger partial charge in [0.05, 0.1) is 12.3 Å². The summed E-state index contributed by atoms with van der Waals surface area (Å²) < 4.78 is 5.34. The molecule has 0 aromatic carbocycles. The molecule has 7 nitrogen and oxygen atoms in total. The van der Waals surface area contributed by atoms with E-state index in [0.29, 0.717) is 5.88 Å². The van der Waals surface area contributed by atoms with E-state index < -0.39 is 5.56 Å². The third-order valence-electron chi connectivity index (χ3n) is 1.77. The maximum Gasteiger partial charge on any atom is 0.280 e. The van der Waals surface area contributed by atoms with Gasteiger partial charge in [0.1, 0.15) is 0 Å². The SMILES string of the molecule is CC(C)Oc1cnc2c(=O)[nH]c(N)nc2n1. The van der Waals surface area contributed by atoms with Crippen molar-refractivity contribution in [3.63, 3.8) is 0 Å². The second-order valence-electron chi connectivity index (χ2n) is 3.50. The van der Waals surface area contributed by atoms with Crippen LogP contribution in [0.5, 0.6) is 5.88 Å². The number of aromatic nitrogens is 4. The lowest BCUT2D eigenvalue weighted by Crippen LogP contribution is -2.14. The van der Waals surface area contributed by atoms with Crippen molar-refractivity contribution in [1.82, 2.24) is 19.9 Å². The second-order valence-corrected chi connectivity index (χ2v) is 3.50. The van der Waals surface area contributed by atoms with Gasteiger partial charge in [-0.3, -0.25) is 9.78 Å². The Hall–Kier alpha value is -2.18. The maximum atomic E-state index is 11.4. The number of nitrogen functional groups attached to an aromatic ring is 1. The van der Waals surface area contributed by atoms with Crippen molar-refractivity contribution < 1.29 is 4.74 Å². The maximum absolute atomic E-state index is 11.4. The lowest BCUT2D eigenvalue weighted by molar-refractivity contribution is 0.232. The van der Waals surface area contributed by atoms with Crippen LogP contribution in [-0.4, -0.2) is 26.0 Å². The number of ether oxygens (including phenoxy) is 1. The molecule has 0 saturated heterocycles. The smallest absolute Gasteiger partial charge is 0.280 e. The van der Waals surface area contributed by atoms with Crippen LogP contribution in [0.15, 0.2) is 11.0 Å². The molecule has 0 amide bonds. The molecule has 2 rings (SSSR count). The molecule has 0 radical (unpaired) electrons. The van der Waals surface area contributed by atoms with E-state index in [4.69, 9.17) is 10.5 Å². The van der Waals surface area contributed by atoms with E-state index in [2.05, 4.69) is 19.9 Å². The van der Waals surface area contributed by atoms with Gasteiger partial charge in [-0.25, -0.2) is 4.98 Å². The number of nitrogens with zero attached hydrogens (tertiary/aromatic N) is 3. The van der Waals surface area contributed by atoms with Crippen LogP contribution in [0, 0.1) is 0 Å². The van der Waals surface area contributed by atoms with Gasteiger partial charge < -0.3 is 10.5 Å². The van der Waals surface area contributed by atoms with Crippen LogP contribution >= 0.6 is 0 Å². The highest BCUT2D eigenvalue weighted by molar-refractivity contribution is 5.69. The number of hydrogen-bond donors (Lipinski definition) is 2. The highest BCUT2D eigenvalue weighted by Gasteiger charge is 2.07. The van der Waals surface area contributed by atoms with Crippen molar-refractivity contribution in [2.75, 3.05) is 5.73 Å². The number of aromatic amines is 1. The van der Waals surface area contributed by atoms with Crippen molar-refractivity contribution in [2.45, 2.75) is 20.0 Å². The molecule has 16 heavy (non-hydrogen) atoms. The molecule has 0 unspecified atom stereocenters. The van der Waals surface area contributed by atoms with Crippen LogP contribution in [0.4, 0.5) is 5.95 Å². The predicted molar refractivity (Wildman–Crippen MR) is 58.1 cm³/mol. The summed E-state index contributed by atoms with van der Waals surface area (Å²) in [5, 5.41) is 0. The molecule has 0 bridgehead atoms. The minimum Gasteiger partial charge on any atom is -0.474 e. The fraction of sp³-hybridized carbons (Fsp3) is 0.333. The summed E-state index contributed by atoms with van der Waals surface area (Å²) in [7, 11) is 0. The molecule has 3 N–H and O–H groups in total. The van der Waals surface area contributed by atoms with Crippen molar-refractivity contribution in [3.05, 3.63) is 16.6 Å². The molecular formula is C9H11N5O2. The van der Waals surface area contributed by atoms with Gasteiger partial charge in [-0.2, -0.15) is 9.97 Å². The Morgan fingerprint density at radius 1 is 1.44 bits per heavy atom. The lowest BCUT2D eigenvalue weighted by Gasteiger charge is -2.07. The fourth-order valence-corrected chi connectivity index (χ4v) is 1.22. The number of hydrogen-bond acceptors (Lipinski definition) is 6. The highest BCUT2D eigenvalue weighted by atomic mass is 16.5. The first kappa shape index (κ1) is 10.3. The molecule has 0 atom stereocenters. The third kappa shape index (κ3) is 1.92. The molecule has 2 aromatic rings. The summed E-state index contributed by atoms with van der Waals surface area (Å²) >= 11 is 0. The van der Waals surface area contributed by atoms with E-state index in [-0.39, 0.29) is 23.2 Å². The Morgan fingerprint density at radius 3 is 2.88 bits per heavy atom. The van der Waals surface area contributed by atoms with Gasteiger partial charge in [-0.15, -0.1) is 0 Å². The molecule has 0 aliphatic heterocycles. The zero-order chi connectivity index (χ0) is 11.7. The summed E-state index contributed by atoms with van der Waals surface area (Å²) in [4.78, 5) is 25.6. The first-order valence-corrected chi connectivity index (χ1v) is 4.75. The number of nitrogens with two attached hydrogens (primary N) is 1. The Balaban J connectivity index is 2.57. The highest BCUT2D eigenvalue weighted by Crippen LogP contribution is 2.10. The first-order chi connectivity index (χ1) is 7.56. The molecule has 0 spiro atoms. The van der Waals surface area contributed by atoms with Crippen LogP contribution < -0.4 is 16.0 Å². The Morgan fingerprint density at radius 2 is 2.19 bits per heavy atom. The third-order valence-corrected chi connectivity index (χ3v) is 1.77. The molecule has 0 saturated carbocycles. The van der Waals surface area contributed by atoms with Gasteiger partial charge in [-0.05, 0) is 13.8 Å². The standard InChI is InChI=1S/C9H11N5O2/c1-4(2)16-5-3-11-6-7(12-5)13-9(10)14-8(6)15/h3-4H,1-2H3,(H3,10,12,13,14,15). The predicted octanol–water partition coefficient (Wildman–Crippen LogP) is 0.0825. The summed E-state index contributed by atoms with van der Waals surface area (Å²) in [6, 6.07) is 0. The van der Waals surface area contributed by atoms with Crippen molar-refractivity contribution in [2.24, 2.45) is 0 Å². The number of H-pyrrole nitrogens is 1. The summed E-state index contributed by atoms with van der Waals surface area (Å²) in [6.45, 7) is 3.73. The summed E-state index contributed by atoms with van der Waals surface area (Å²) in [5.41, 5.74) is 5.31. The fourth-order valence-electron chi connectivity index (χ4n) is 1.22. The first-order valence-electron chi connectivity index (χ1n) is 4.75. The van der Waals surface area contributed by atoms with E-state index in [0.717, 1.165) is 0 Å². The minimum atomic E-state index is -0.411. The van der Waals surface area contributed by atoms with Gasteiger partial charge in [0, 0.05) is 0 Å². The Bertz CT molecular complexity index is 578. The van der Waals surface area contributed by atoms with Crippen molar-refractivity contribution >= 4 is 17.1 Å². The van der Waals surface area contributed by atoms with Gasteiger partial charge >= 0.3 is 0 Å². The Kier molecular flexibility index (Phi) is 2.43. The van der Waals surface area contributed by atoms with Crippen LogP contribution in [0.2, 0.25) is 0 Å². The zero-order valence-electron chi connectivity index (χ0n) is 8.89. The molecule has 7 heteroatoms. The quantitative estimate of drug-likeness (QED) is 0.743. The zero-order valence-corrected chi connectivity index (χ0v) is 8.89. The van der Waals surface area contributed by atoms with E-state index in [1.54, 1.807) is 0 Å². The van der Waals surface area contributed by atoms with Gasteiger partial charge in [-0.1, -0.05) is 0 Å². The number of rotatable bonds is 2. The molecule has 0 fully saturated rings. The average Bonchev–Trinajstić information content (AvgIpc) is 2.15. The molecule has 2 aromatic heterocycles.